The summed E-state index contributed by atoms with van der Waals surface area (Å²) in [5, 5.41) is 5.79. The van der Waals surface area contributed by atoms with Crippen molar-refractivity contribution in [2.45, 2.75) is 13.5 Å². The Bertz CT molecular complexity index is 961. The van der Waals surface area contributed by atoms with E-state index in [1.807, 2.05) is 25.1 Å². The van der Waals surface area contributed by atoms with Gasteiger partial charge in [0.2, 0.25) is 4.96 Å². The number of anilines is 1. The predicted octanol–water partition coefficient (Wildman–Crippen LogP) is 2.44. The van der Waals surface area contributed by atoms with Crippen molar-refractivity contribution < 1.29 is 0 Å². The molecule has 1 aromatic carbocycles. The molecule has 0 spiro atoms. The predicted molar refractivity (Wildman–Crippen MR) is 101 cm³/mol. The molecule has 1 aliphatic heterocycles. The Labute approximate surface area is 154 Å². The molecule has 130 valence electrons. The Hall–Kier alpha value is -1.96. The van der Waals surface area contributed by atoms with Gasteiger partial charge in [0.25, 0.3) is 5.56 Å². The van der Waals surface area contributed by atoms with Crippen LogP contribution in [0.3, 0.4) is 0 Å². The number of aromatic nitrogens is 3. The molecule has 4 rings (SSSR count). The molecule has 3 heterocycles. The first-order valence-electron chi connectivity index (χ1n) is 8.18. The van der Waals surface area contributed by atoms with Crippen molar-refractivity contribution in [1.82, 2.24) is 19.5 Å². The summed E-state index contributed by atoms with van der Waals surface area (Å²) in [7, 11) is 0. The highest BCUT2D eigenvalue weighted by Gasteiger charge is 2.18. The lowest BCUT2D eigenvalue weighted by molar-refractivity contribution is 0.247. The summed E-state index contributed by atoms with van der Waals surface area (Å²) in [5.41, 5.74) is 1.86. The van der Waals surface area contributed by atoms with E-state index in [9.17, 15) is 4.79 Å². The third-order valence-electron chi connectivity index (χ3n) is 4.33. The van der Waals surface area contributed by atoms with Crippen molar-refractivity contribution >= 4 is 33.6 Å². The van der Waals surface area contributed by atoms with Crippen LogP contribution in [-0.4, -0.2) is 45.7 Å². The van der Waals surface area contributed by atoms with Crippen LogP contribution in [0.1, 0.15) is 10.7 Å². The molecule has 0 bridgehead atoms. The Morgan fingerprint density at radius 1 is 1.20 bits per heavy atom. The second-order valence-electron chi connectivity index (χ2n) is 6.14. The van der Waals surface area contributed by atoms with E-state index in [1.165, 1.54) is 15.9 Å². The fraction of sp³-hybridized carbons (Fsp3) is 0.353. The monoisotopic (exact) mass is 375 g/mol. The number of aryl methyl sites for hydroxylation is 1. The first-order chi connectivity index (χ1) is 12.1. The second-order valence-corrected chi connectivity index (χ2v) is 7.74. The number of rotatable bonds is 3. The van der Waals surface area contributed by atoms with Crippen molar-refractivity contribution in [3.05, 3.63) is 56.4 Å². The topological polar surface area (TPSA) is 53.7 Å². The van der Waals surface area contributed by atoms with E-state index < -0.39 is 0 Å². The van der Waals surface area contributed by atoms with Gasteiger partial charge in [0.1, 0.15) is 5.01 Å². The number of benzene rings is 1. The molecule has 8 heteroatoms. The van der Waals surface area contributed by atoms with Gasteiger partial charge in [-0.05, 0) is 25.1 Å². The maximum absolute atomic E-state index is 12.2. The van der Waals surface area contributed by atoms with E-state index in [-0.39, 0.29) is 5.56 Å². The third-order valence-corrected chi connectivity index (χ3v) is 5.39. The summed E-state index contributed by atoms with van der Waals surface area (Å²) in [5.74, 6) is 0. The van der Waals surface area contributed by atoms with Crippen LogP contribution in [0.4, 0.5) is 5.69 Å². The second kappa shape index (κ2) is 6.74. The standard InChI is InChI=1S/C17H18ClN5OS/c1-12-20-23-16(24)10-14(19-17(23)25-12)11-21-5-7-22(8-6-21)15-4-2-3-13(18)9-15/h2-4,9-10H,5-8,11H2,1H3. The van der Waals surface area contributed by atoms with Crippen LogP contribution in [0.15, 0.2) is 35.1 Å². The number of fused-ring (bicyclic) bond motifs is 1. The first-order valence-corrected chi connectivity index (χ1v) is 9.37. The first kappa shape index (κ1) is 16.5. The molecule has 0 N–H and O–H groups in total. The van der Waals surface area contributed by atoms with E-state index in [0.717, 1.165) is 47.6 Å². The fourth-order valence-electron chi connectivity index (χ4n) is 3.10. The molecule has 1 fully saturated rings. The number of piperazine rings is 1. The summed E-state index contributed by atoms with van der Waals surface area (Å²) in [6.45, 7) is 6.28. The molecule has 1 aliphatic rings. The van der Waals surface area contributed by atoms with Gasteiger partial charge in [0.05, 0.1) is 5.69 Å². The normalized spacial score (nSPS) is 15.8. The molecular weight excluding hydrogens is 358 g/mol. The van der Waals surface area contributed by atoms with Crippen LogP contribution in [-0.2, 0) is 6.54 Å². The summed E-state index contributed by atoms with van der Waals surface area (Å²) in [4.78, 5) is 22.1. The van der Waals surface area contributed by atoms with Crippen LogP contribution < -0.4 is 10.5 Å². The minimum absolute atomic E-state index is 0.109. The van der Waals surface area contributed by atoms with Crippen molar-refractivity contribution in [3.63, 3.8) is 0 Å². The van der Waals surface area contributed by atoms with Gasteiger partial charge < -0.3 is 4.90 Å². The lowest BCUT2D eigenvalue weighted by Gasteiger charge is -2.36. The van der Waals surface area contributed by atoms with E-state index >= 15 is 0 Å². The van der Waals surface area contributed by atoms with E-state index in [2.05, 4.69) is 25.9 Å². The maximum Gasteiger partial charge on any atom is 0.275 e. The molecule has 0 aliphatic carbocycles. The molecule has 0 unspecified atom stereocenters. The van der Waals surface area contributed by atoms with Gasteiger partial charge in [-0.3, -0.25) is 9.69 Å². The quantitative estimate of drug-likeness (QED) is 0.703. The van der Waals surface area contributed by atoms with Crippen LogP contribution in [0.2, 0.25) is 5.02 Å². The van der Waals surface area contributed by atoms with Crippen molar-refractivity contribution in [3.8, 4) is 0 Å². The van der Waals surface area contributed by atoms with Crippen LogP contribution in [0.5, 0.6) is 0 Å². The zero-order chi connectivity index (χ0) is 17.4. The molecule has 0 atom stereocenters. The van der Waals surface area contributed by atoms with E-state index in [0.29, 0.717) is 11.5 Å². The average Bonchev–Trinajstić information content (AvgIpc) is 2.96. The van der Waals surface area contributed by atoms with Gasteiger partial charge in [-0.15, -0.1) is 0 Å². The maximum atomic E-state index is 12.2. The van der Waals surface area contributed by atoms with Crippen molar-refractivity contribution in [2.75, 3.05) is 31.1 Å². The molecule has 2 aromatic heterocycles. The molecule has 0 amide bonds. The molecule has 25 heavy (non-hydrogen) atoms. The van der Waals surface area contributed by atoms with Crippen LogP contribution >= 0.6 is 22.9 Å². The van der Waals surface area contributed by atoms with Crippen molar-refractivity contribution in [1.29, 1.82) is 0 Å². The number of nitrogens with zero attached hydrogens (tertiary/aromatic N) is 5. The van der Waals surface area contributed by atoms with Gasteiger partial charge in [-0.1, -0.05) is 29.0 Å². The van der Waals surface area contributed by atoms with E-state index in [1.54, 1.807) is 6.07 Å². The number of halogens is 1. The Balaban J connectivity index is 1.44. The van der Waals surface area contributed by atoms with Gasteiger partial charge in [0, 0.05) is 49.5 Å². The Morgan fingerprint density at radius 3 is 2.76 bits per heavy atom. The Kier molecular flexibility index (Phi) is 4.45. The highest BCUT2D eigenvalue weighted by atomic mass is 35.5. The van der Waals surface area contributed by atoms with Gasteiger partial charge in [-0.25, -0.2) is 4.98 Å². The number of hydrogen-bond acceptors (Lipinski definition) is 6. The largest absolute Gasteiger partial charge is 0.369 e. The zero-order valence-electron chi connectivity index (χ0n) is 13.9. The molecular formula is C17H18ClN5OS. The lowest BCUT2D eigenvalue weighted by atomic mass is 10.2. The highest BCUT2D eigenvalue weighted by molar-refractivity contribution is 7.16. The van der Waals surface area contributed by atoms with Crippen LogP contribution in [0.25, 0.3) is 4.96 Å². The zero-order valence-corrected chi connectivity index (χ0v) is 15.4. The summed E-state index contributed by atoms with van der Waals surface area (Å²) in [6, 6.07) is 9.55. The SMILES string of the molecule is Cc1nn2c(=O)cc(CN3CCN(c4cccc(Cl)c4)CC3)nc2s1. The molecule has 6 nitrogen and oxygen atoms in total. The van der Waals surface area contributed by atoms with Crippen LogP contribution in [0, 0.1) is 6.92 Å². The summed E-state index contributed by atoms with van der Waals surface area (Å²) >= 11 is 7.53. The average molecular weight is 376 g/mol. The number of hydrogen-bond donors (Lipinski definition) is 0. The summed E-state index contributed by atoms with van der Waals surface area (Å²) in [6.07, 6.45) is 0. The lowest BCUT2D eigenvalue weighted by Crippen LogP contribution is -2.46. The minimum Gasteiger partial charge on any atom is -0.369 e. The smallest absolute Gasteiger partial charge is 0.275 e. The molecule has 0 radical (unpaired) electrons. The van der Waals surface area contributed by atoms with Crippen molar-refractivity contribution in [2.24, 2.45) is 0 Å². The van der Waals surface area contributed by atoms with Gasteiger partial charge >= 0.3 is 0 Å². The molecule has 3 aromatic rings. The van der Waals surface area contributed by atoms with Gasteiger partial charge in [-0.2, -0.15) is 9.61 Å². The molecule has 0 saturated carbocycles. The minimum atomic E-state index is -0.109. The summed E-state index contributed by atoms with van der Waals surface area (Å²) < 4.78 is 1.38. The highest BCUT2D eigenvalue weighted by Crippen LogP contribution is 2.21. The third kappa shape index (κ3) is 3.53. The molecule has 1 saturated heterocycles. The van der Waals surface area contributed by atoms with Gasteiger partial charge in [0.15, 0.2) is 0 Å². The Morgan fingerprint density at radius 2 is 2.00 bits per heavy atom. The van der Waals surface area contributed by atoms with E-state index in [4.69, 9.17) is 11.6 Å². The fourth-order valence-corrected chi connectivity index (χ4v) is 4.05.